The summed E-state index contributed by atoms with van der Waals surface area (Å²) in [6, 6.07) is 5.50. The molecule has 0 heterocycles. The van der Waals surface area contributed by atoms with E-state index in [0.717, 1.165) is 15.6 Å². The first-order valence-corrected chi connectivity index (χ1v) is 5.08. The van der Waals surface area contributed by atoms with Crippen molar-refractivity contribution in [3.63, 3.8) is 0 Å². The first kappa shape index (κ1) is 11.1. The van der Waals surface area contributed by atoms with Crippen LogP contribution in [0.3, 0.4) is 0 Å². The molecule has 0 spiro atoms. The molecule has 0 radical (unpaired) electrons. The summed E-state index contributed by atoms with van der Waals surface area (Å²) in [6.45, 7) is 5.54. The number of nitrogens with zero attached hydrogens (tertiary/aromatic N) is 1. The van der Waals surface area contributed by atoms with Crippen molar-refractivity contribution in [2.45, 2.75) is 26.2 Å². The number of benzene rings is 1. The number of phenolic OH excluding ortho intramolecular Hbond substituents is 1. The van der Waals surface area contributed by atoms with Crippen LogP contribution in [0.2, 0.25) is 0 Å². The summed E-state index contributed by atoms with van der Waals surface area (Å²) in [4.78, 5) is 0. The lowest BCUT2D eigenvalue weighted by molar-refractivity contribution is 0.472. The smallest absolute Gasteiger partial charge is 0.116 e. The zero-order chi connectivity index (χ0) is 10.9. The fourth-order valence-corrected chi connectivity index (χ4v) is 1.99. The summed E-state index contributed by atoms with van der Waals surface area (Å²) in [5, 5.41) is 18.4. The minimum Gasteiger partial charge on any atom is -0.508 e. The molecule has 1 rings (SSSR count). The number of aryl methyl sites for hydroxylation is 1. The number of halogens is 1. The highest BCUT2D eigenvalue weighted by Crippen LogP contribution is 2.34. The van der Waals surface area contributed by atoms with Crippen molar-refractivity contribution in [2.75, 3.05) is 0 Å². The quantitative estimate of drug-likeness (QED) is 0.835. The van der Waals surface area contributed by atoms with Gasteiger partial charge in [0.25, 0.3) is 0 Å². The zero-order valence-corrected chi connectivity index (χ0v) is 10.0. The topological polar surface area (TPSA) is 44.0 Å². The van der Waals surface area contributed by atoms with Gasteiger partial charge < -0.3 is 5.11 Å². The van der Waals surface area contributed by atoms with E-state index >= 15 is 0 Å². The Hall–Kier alpha value is -1.01. The molecule has 0 aliphatic carbocycles. The van der Waals surface area contributed by atoms with Gasteiger partial charge in [-0.15, -0.1) is 0 Å². The molecule has 0 saturated carbocycles. The van der Waals surface area contributed by atoms with Crippen LogP contribution in [0.4, 0.5) is 0 Å². The summed E-state index contributed by atoms with van der Waals surface area (Å²) in [5.41, 5.74) is 1.16. The van der Waals surface area contributed by atoms with Crippen LogP contribution in [0, 0.1) is 18.3 Å². The third kappa shape index (κ3) is 1.91. The van der Waals surface area contributed by atoms with Gasteiger partial charge in [0.05, 0.1) is 11.5 Å². The molecule has 1 aromatic carbocycles. The van der Waals surface area contributed by atoms with Crippen LogP contribution < -0.4 is 0 Å². The molecule has 14 heavy (non-hydrogen) atoms. The molecule has 2 nitrogen and oxygen atoms in total. The van der Waals surface area contributed by atoms with Gasteiger partial charge in [-0.25, -0.2) is 0 Å². The van der Waals surface area contributed by atoms with Gasteiger partial charge in [-0.05, 0) is 44.0 Å². The fraction of sp³-hybridized carbons (Fsp3) is 0.364. The lowest BCUT2D eigenvalue weighted by Crippen LogP contribution is -2.15. The van der Waals surface area contributed by atoms with Crippen LogP contribution in [0.15, 0.2) is 16.6 Å². The molecule has 0 aromatic heterocycles. The third-order valence-corrected chi connectivity index (χ3v) is 3.24. The molecule has 0 aliphatic heterocycles. The fourth-order valence-electron chi connectivity index (χ4n) is 1.27. The largest absolute Gasteiger partial charge is 0.508 e. The molecule has 0 aliphatic rings. The van der Waals surface area contributed by atoms with Gasteiger partial charge in [0.2, 0.25) is 0 Å². The van der Waals surface area contributed by atoms with Crippen molar-refractivity contribution in [2.24, 2.45) is 0 Å². The van der Waals surface area contributed by atoms with Gasteiger partial charge >= 0.3 is 0 Å². The molecule has 74 valence electrons. The Balaban J connectivity index is 3.44. The highest BCUT2D eigenvalue weighted by Gasteiger charge is 2.23. The second kappa shape index (κ2) is 3.62. The molecule has 0 unspecified atom stereocenters. The van der Waals surface area contributed by atoms with Crippen LogP contribution in [0.1, 0.15) is 25.0 Å². The second-order valence-corrected chi connectivity index (χ2v) is 4.65. The first-order valence-electron chi connectivity index (χ1n) is 4.29. The van der Waals surface area contributed by atoms with Crippen molar-refractivity contribution in [3.8, 4) is 11.8 Å². The Morgan fingerprint density at radius 2 is 2.00 bits per heavy atom. The highest BCUT2D eigenvalue weighted by atomic mass is 79.9. The number of hydrogen-bond acceptors (Lipinski definition) is 2. The number of nitriles is 1. The molecule has 0 amide bonds. The average Bonchev–Trinajstić information content (AvgIpc) is 2.11. The van der Waals surface area contributed by atoms with E-state index in [1.807, 2.05) is 20.8 Å². The predicted octanol–water partition coefficient (Wildman–Crippen LogP) is 3.26. The summed E-state index contributed by atoms with van der Waals surface area (Å²) in [5.74, 6) is 0.198. The van der Waals surface area contributed by atoms with E-state index in [9.17, 15) is 5.11 Å². The van der Waals surface area contributed by atoms with E-state index < -0.39 is 5.41 Å². The van der Waals surface area contributed by atoms with E-state index in [1.165, 1.54) is 0 Å². The zero-order valence-electron chi connectivity index (χ0n) is 8.43. The third-order valence-electron chi connectivity index (χ3n) is 2.19. The average molecular weight is 254 g/mol. The van der Waals surface area contributed by atoms with E-state index in [2.05, 4.69) is 22.0 Å². The minimum atomic E-state index is -0.595. The van der Waals surface area contributed by atoms with Gasteiger partial charge in [-0.2, -0.15) is 5.26 Å². The van der Waals surface area contributed by atoms with Crippen molar-refractivity contribution in [1.82, 2.24) is 0 Å². The van der Waals surface area contributed by atoms with E-state index in [-0.39, 0.29) is 5.75 Å². The normalized spacial score (nSPS) is 11.1. The molecule has 3 heteroatoms. The van der Waals surface area contributed by atoms with Gasteiger partial charge in [-0.1, -0.05) is 15.9 Å². The van der Waals surface area contributed by atoms with Crippen LogP contribution in [-0.2, 0) is 5.41 Å². The Morgan fingerprint density at radius 3 is 2.50 bits per heavy atom. The summed E-state index contributed by atoms with van der Waals surface area (Å²) in [6.07, 6.45) is 0. The lowest BCUT2D eigenvalue weighted by atomic mass is 9.85. The number of phenols is 1. The monoisotopic (exact) mass is 253 g/mol. The van der Waals surface area contributed by atoms with E-state index in [0.29, 0.717) is 0 Å². The molecular weight excluding hydrogens is 242 g/mol. The van der Waals surface area contributed by atoms with Crippen molar-refractivity contribution >= 4 is 15.9 Å². The maximum atomic E-state index is 9.45. The van der Waals surface area contributed by atoms with Gasteiger partial charge in [0.15, 0.2) is 0 Å². The maximum absolute atomic E-state index is 9.45. The van der Waals surface area contributed by atoms with Crippen LogP contribution in [-0.4, -0.2) is 5.11 Å². The Bertz CT molecular complexity index is 404. The highest BCUT2D eigenvalue weighted by molar-refractivity contribution is 9.10. The van der Waals surface area contributed by atoms with Crippen molar-refractivity contribution in [1.29, 1.82) is 5.26 Å². The van der Waals surface area contributed by atoms with Crippen LogP contribution >= 0.6 is 15.9 Å². The van der Waals surface area contributed by atoms with E-state index in [4.69, 9.17) is 5.26 Å². The summed E-state index contributed by atoms with van der Waals surface area (Å²) >= 11 is 3.43. The Labute approximate surface area is 92.3 Å². The number of hydrogen-bond donors (Lipinski definition) is 1. The first-order chi connectivity index (χ1) is 6.38. The second-order valence-electron chi connectivity index (χ2n) is 3.86. The minimum absolute atomic E-state index is 0.198. The number of rotatable bonds is 1. The van der Waals surface area contributed by atoms with Gasteiger partial charge in [-0.3, -0.25) is 0 Å². The van der Waals surface area contributed by atoms with Crippen molar-refractivity contribution < 1.29 is 5.11 Å². The standard InChI is InChI=1S/C11H12BrNO/c1-7-4-8(14)5-9(10(7)12)11(2,3)6-13/h4-5,14H,1-3H3. The van der Waals surface area contributed by atoms with Crippen LogP contribution in [0.25, 0.3) is 0 Å². The molecule has 0 bridgehead atoms. The van der Waals surface area contributed by atoms with Gasteiger partial charge in [0.1, 0.15) is 5.75 Å². The lowest BCUT2D eigenvalue weighted by Gasteiger charge is -2.19. The van der Waals surface area contributed by atoms with Crippen LogP contribution in [0.5, 0.6) is 5.75 Å². The number of aromatic hydroxyl groups is 1. The molecule has 0 fully saturated rings. The van der Waals surface area contributed by atoms with Crippen molar-refractivity contribution in [3.05, 3.63) is 27.7 Å². The Morgan fingerprint density at radius 1 is 1.43 bits per heavy atom. The molecule has 0 atom stereocenters. The molecular formula is C11H12BrNO. The molecule has 0 saturated heterocycles. The predicted molar refractivity (Wildman–Crippen MR) is 59.2 cm³/mol. The maximum Gasteiger partial charge on any atom is 0.116 e. The summed E-state index contributed by atoms with van der Waals surface area (Å²) < 4.78 is 0.891. The van der Waals surface area contributed by atoms with E-state index in [1.54, 1.807) is 12.1 Å². The molecule has 1 aromatic rings. The summed E-state index contributed by atoms with van der Waals surface area (Å²) in [7, 11) is 0. The SMILES string of the molecule is Cc1cc(O)cc(C(C)(C)C#N)c1Br. The molecule has 1 N–H and O–H groups in total. The van der Waals surface area contributed by atoms with Gasteiger partial charge in [0, 0.05) is 4.47 Å². The Kier molecular flexibility index (Phi) is 2.86.